The summed E-state index contributed by atoms with van der Waals surface area (Å²) in [5, 5.41) is 6.20. The molecule has 10 nitrogen and oxygen atoms in total. The minimum absolute atomic E-state index is 0.00191. The molecule has 1 saturated heterocycles. The lowest BCUT2D eigenvalue weighted by Crippen LogP contribution is -2.20. The first-order chi connectivity index (χ1) is 16.9. The molecule has 0 aliphatic carbocycles. The van der Waals surface area contributed by atoms with Crippen LogP contribution in [0, 0.1) is 0 Å². The fourth-order valence-corrected chi connectivity index (χ4v) is 4.29. The van der Waals surface area contributed by atoms with Gasteiger partial charge in [-0.1, -0.05) is 12.1 Å². The van der Waals surface area contributed by atoms with Gasteiger partial charge in [-0.3, -0.25) is 14.7 Å². The average Bonchev–Trinajstić information content (AvgIpc) is 3.44. The van der Waals surface area contributed by atoms with Crippen LogP contribution < -0.4 is 16.4 Å². The Morgan fingerprint density at radius 2 is 2.00 bits per heavy atom. The van der Waals surface area contributed by atoms with Crippen molar-refractivity contribution >= 4 is 34.3 Å². The van der Waals surface area contributed by atoms with E-state index in [-0.39, 0.29) is 11.5 Å². The normalized spacial score (nSPS) is 16.0. The molecule has 11 heteroatoms. The number of anilines is 3. The van der Waals surface area contributed by atoms with Crippen LogP contribution in [0.4, 0.5) is 21.7 Å². The van der Waals surface area contributed by atoms with E-state index in [0.717, 1.165) is 23.3 Å². The number of hydrogen-bond donors (Lipinski definition) is 3. The van der Waals surface area contributed by atoms with Crippen LogP contribution in [0.15, 0.2) is 43.0 Å². The molecule has 1 amide bonds. The van der Waals surface area contributed by atoms with E-state index in [1.807, 2.05) is 35.9 Å². The number of halogens is 1. The van der Waals surface area contributed by atoms with Gasteiger partial charge in [-0.05, 0) is 24.1 Å². The fourth-order valence-electron chi connectivity index (χ4n) is 4.29. The highest BCUT2D eigenvalue weighted by atomic mass is 19.1. The first kappa shape index (κ1) is 22.7. The molecule has 35 heavy (non-hydrogen) atoms. The van der Waals surface area contributed by atoms with E-state index in [1.165, 1.54) is 0 Å². The zero-order chi connectivity index (χ0) is 24.5. The van der Waals surface area contributed by atoms with Crippen molar-refractivity contribution in [3.8, 4) is 11.3 Å². The molecule has 1 aliphatic rings. The molecule has 0 saturated carbocycles. The number of primary amides is 1. The molecule has 1 aliphatic heterocycles. The second-order valence-corrected chi connectivity index (χ2v) is 8.59. The standard InChI is InChI=1S/C24H26FN9O/c1-27-23-20(17-9-28-10-18-19(17)29-13-33(18)2)31-21(22(26)35)24(32-23)30-16-5-3-14(4-6-16)11-34-8-7-15(25)12-34/h3-6,9-10,13,15H,7-8,11-12H2,1-2H3,(H2,26,35)(H2,27,30,32)/t15-/m0/s1. The van der Waals surface area contributed by atoms with E-state index in [4.69, 9.17) is 5.73 Å². The van der Waals surface area contributed by atoms with Gasteiger partial charge in [-0.2, -0.15) is 0 Å². The molecule has 3 aromatic heterocycles. The Morgan fingerprint density at radius 1 is 1.20 bits per heavy atom. The summed E-state index contributed by atoms with van der Waals surface area (Å²) in [4.78, 5) is 32.4. The number of carbonyl (C=O) groups is 1. The highest BCUT2D eigenvalue weighted by Gasteiger charge is 2.22. The maximum atomic E-state index is 13.4. The maximum absolute atomic E-state index is 13.4. The van der Waals surface area contributed by atoms with Crippen LogP contribution in [0.5, 0.6) is 0 Å². The fraction of sp³-hybridized carbons (Fsp3) is 0.292. The predicted octanol–water partition coefficient (Wildman–Crippen LogP) is 2.85. The number of imidazole rings is 1. The third-order valence-electron chi connectivity index (χ3n) is 6.10. The molecule has 1 atom stereocenters. The van der Waals surface area contributed by atoms with Gasteiger partial charge in [-0.25, -0.2) is 19.3 Å². The van der Waals surface area contributed by atoms with Gasteiger partial charge in [0.15, 0.2) is 17.3 Å². The number of aryl methyl sites for hydroxylation is 1. The smallest absolute Gasteiger partial charge is 0.271 e. The largest absolute Gasteiger partial charge is 0.371 e. The molecule has 4 aromatic rings. The van der Waals surface area contributed by atoms with Gasteiger partial charge in [0.1, 0.15) is 17.4 Å². The van der Waals surface area contributed by atoms with E-state index >= 15 is 0 Å². The summed E-state index contributed by atoms with van der Waals surface area (Å²) in [7, 11) is 3.60. The Balaban J connectivity index is 1.46. The zero-order valence-corrected chi connectivity index (χ0v) is 19.5. The van der Waals surface area contributed by atoms with Gasteiger partial charge in [0.05, 0.1) is 23.6 Å². The second-order valence-electron chi connectivity index (χ2n) is 8.59. The number of amides is 1. The molecule has 0 unspecified atom stereocenters. The molecule has 180 valence electrons. The summed E-state index contributed by atoms with van der Waals surface area (Å²) in [6.07, 6.45) is 4.89. The number of aromatic nitrogens is 5. The van der Waals surface area contributed by atoms with Crippen molar-refractivity contribution in [2.24, 2.45) is 12.8 Å². The first-order valence-corrected chi connectivity index (χ1v) is 11.3. The lowest BCUT2D eigenvalue weighted by Gasteiger charge is -2.16. The van der Waals surface area contributed by atoms with Gasteiger partial charge in [0.2, 0.25) is 0 Å². The zero-order valence-electron chi connectivity index (χ0n) is 19.5. The lowest BCUT2D eigenvalue weighted by atomic mass is 10.1. The van der Waals surface area contributed by atoms with Crippen LogP contribution in [0.1, 0.15) is 22.5 Å². The van der Waals surface area contributed by atoms with Crippen LogP contribution in [-0.2, 0) is 13.6 Å². The lowest BCUT2D eigenvalue weighted by molar-refractivity contribution is 0.0996. The van der Waals surface area contributed by atoms with E-state index in [9.17, 15) is 9.18 Å². The molecule has 5 rings (SSSR count). The van der Waals surface area contributed by atoms with Crippen LogP contribution in [-0.4, -0.2) is 61.6 Å². The van der Waals surface area contributed by atoms with Crippen molar-refractivity contribution in [2.75, 3.05) is 30.8 Å². The van der Waals surface area contributed by atoms with Gasteiger partial charge in [-0.15, -0.1) is 0 Å². The number of benzene rings is 1. The van der Waals surface area contributed by atoms with E-state index in [2.05, 4.69) is 35.5 Å². The number of nitrogens with one attached hydrogen (secondary N) is 2. The van der Waals surface area contributed by atoms with Gasteiger partial charge < -0.3 is 20.9 Å². The molecule has 4 heterocycles. The number of likely N-dealkylation sites (tertiary alicyclic amines) is 1. The van der Waals surface area contributed by atoms with E-state index in [0.29, 0.717) is 42.1 Å². The minimum Gasteiger partial charge on any atom is -0.371 e. The summed E-state index contributed by atoms with van der Waals surface area (Å²) < 4.78 is 15.3. The van der Waals surface area contributed by atoms with Crippen LogP contribution >= 0.6 is 0 Å². The number of hydrogen-bond acceptors (Lipinski definition) is 8. The van der Waals surface area contributed by atoms with Gasteiger partial charge >= 0.3 is 0 Å². The summed E-state index contributed by atoms with van der Waals surface area (Å²) in [6.45, 7) is 1.93. The van der Waals surface area contributed by atoms with Crippen molar-refractivity contribution in [3.63, 3.8) is 0 Å². The van der Waals surface area contributed by atoms with Crippen LogP contribution in [0.3, 0.4) is 0 Å². The highest BCUT2D eigenvalue weighted by Crippen LogP contribution is 2.32. The minimum atomic E-state index is -0.744. The number of pyridine rings is 1. The molecule has 1 fully saturated rings. The van der Waals surface area contributed by atoms with Crippen LogP contribution in [0.2, 0.25) is 0 Å². The van der Waals surface area contributed by atoms with Gasteiger partial charge in [0.25, 0.3) is 5.91 Å². The Bertz CT molecular complexity index is 1390. The maximum Gasteiger partial charge on any atom is 0.271 e. The third-order valence-corrected chi connectivity index (χ3v) is 6.10. The molecule has 0 bridgehead atoms. The van der Waals surface area contributed by atoms with Crippen molar-refractivity contribution in [1.82, 2.24) is 29.4 Å². The number of nitrogens with two attached hydrogens (primary N) is 1. The van der Waals surface area contributed by atoms with Gasteiger partial charge in [0, 0.05) is 45.6 Å². The SMILES string of the molecule is CNc1nc(Nc2ccc(CN3CC[C@H](F)C3)cc2)c(C(N)=O)nc1-c1cncc2c1ncn2C. The third kappa shape index (κ3) is 4.50. The molecule has 4 N–H and O–H groups in total. The summed E-state index contributed by atoms with van der Waals surface area (Å²) in [5.74, 6) is -0.0281. The number of nitrogens with zero attached hydrogens (tertiary/aromatic N) is 6. The monoisotopic (exact) mass is 475 g/mol. The summed E-state index contributed by atoms with van der Waals surface area (Å²) in [6, 6.07) is 7.70. The number of fused-ring (bicyclic) bond motifs is 1. The van der Waals surface area contributed by atoms with Crippen molar-refractivity contribution < 1.29 is 9.18 Å². The summed E-state index contributed by atoms with van der Waals surface area (Å²) >= 11 is 0. The Labute approximate surface area is 201 Å². The average molecular weight is 476 g/mol. The quantitative estimate of drug-likeness (QED) is 0.372. The van der Waals surface area contributed by atoms with E-state index in [1.54, 1.807) is 25.8 Å². The Hall–Kier alpha value is -4.12. The van der Waals surface area contributed by atoms with Crippen LogP contribution in [0.25, 0.3) is 22.3 Å². The molecule has 0 spiro atoms. The predicted molar refractivity (Wildman–Crippen MR) is 132 cm³/mol. The highest BCUT2D eigenvalue weighted by molar-refractivity contribution is 5.99. The molecular weight excluding hydrogens is 449 g/mol. The first-order valence-electron chi connectivity index (χ1n) is 11.3. The van der Waals surface area contributed by atoms with Crippen molar-refractivity contribution in [3.05, 3.63) is 54.2 Å². The Kier molecular flexibility index (Phi) is 6.00. The van der Waals surface area contributed by atoms with E-state index < -0.39 is 12.1 Å². The Morgan fingerprint density at radius 3 is 2.69 bits per heavy atom. The molecular formula is C24H26FN9O. The number of carbonyl (C=O) groups excluding carboxylic acids is 1. The second kappa shape index (κ2) is 9.26. The molecule has 0 radical (unpaired) electrons. The van der Waals surface area contributed by atoms with Crippen molar-refractivity contribution in [1.29, 1.82) is 0 Å². The topological polar surface area (TPSA) is 127 Å². The number of rotatable bonds is 7. The number of alkyl halides is 1. The molecule has 1 aromatic carbocycles. The van der Waals surface area contributed by atoms with Crippen molar-refractivity contribution in [2.45, 2.75) is 19.1 Å². The summed E-state index contributed by atoms with van der Waals surface area (Å²) in [5.41, 5.74) is 10.1.